The maximum atomic E-state index is 13.2. The van der Waals surface area contributed by atoms with Gasteiger partial charge in [0.2, 0.25) is 5.91 Å². The molecule has 162 valence electrons. The minimum absolute atomic E-state index is 0.141. The highest BCUT2D eigenvalue weighted by Gasteiger charge is 2.21. The minimum atomic E-state index is -0.489. The molecule has 2 aromatic heterocycles. The summed E-state index contributed by atoms with van der Waals surface area (Å²) in [5.41, 5.74) is 2.38. The van der Waals surface area contributed by atoms with Crippen molar-refractivity contribution in [2.75, 3.05) is 5.32 Å². The summed E-state index contributed by atoms with van der Waals surface area (Å²) in [6.07, 6.45) is 1.76. The van der Waals surface area contributed by atoms with Crippen LogP contribution in [0.25, 0.3) is 11.0 Å². The SMILES string of the molecule is Cc1cnc2c(c1NC(=O)CC(c1ccccc1)c1ccccc1)c(=O)n(C)c(=O)n2C. The highest BCUT2D eigenvalue weighted by molar-refractivity contribution is 6.01. The van der Waals surface area contributed by atoms with Gasteiger partial charge in [-0.2, -0.15) is 0 Å². The quantitative estimate of drug-likeness (QED) is 0.529. The molecule has 0 aliphatic rings. The Kier molecular flexibility index (Phi) is 5.73. The first-order valence-corrected chi connectivity index (χ1v) is 10.3. The molecule has 2 heterocycles. The molecular weight excluding hydrogens is 404 g/mol. The number of hydrogen-bond acceptors (Lipinski definition) is 4. The monoisotopic (exact) mass is 428 g/mol. The smallest absolute Gasteiger partial charge is 0.325 e. The zero-order valence-corrected chi connectivity index (χ0v) is 18.2. The van der Waals surface area contributed by atoms with Gasteiger partial charge in [-0.3, -0.25) is 18.7 Å². The number of carbonyl (C=O) groups excluding carboxylic acids is 1. The molecule has 32 heavy (non-hydrogen) atoms. The van der Waals surface area contributed by atoms with Crippen LogP contribution in [0.2, 0.25) is 0 Å². The first kappa shape index (κ1) is 21.2. The summed E-state index contributed by atoms with van der Waals surface area (Å²) < 4.78 is 2.33. The number of hydrogen-bond donors (Lipinski definition) is 1. The lowest BCUT2D eigenvalue weighted by Gasteiger charge is -2.19. The number of carbonyl (C=O) groups is 1. The van der Waals surface area contributed by atoms with E-state index in [0.717, 1.165) is 15.7 Å². The van der Waals surface area contributed by atoms with Crippen molar-refractivity contribution in [1.82, 2.24) is 14.1 Å². The minimum Gasteiger partial charge on any atom is -0.325 e. The van der Waals surface area contributed by atoms with Gasteiger partial charge in [0.15, 0.2) is 5.65 Å². The van der Waals surface area contributed by atoms with E-state index < -0.39 is 11.2 Å². The van der Waals surface area contributed by atoms with Crippen LogP contribution in [-0.4, -0.2) is 20.0 Å². The van der Waals surface area contributed by atoms with E-state index in [1.165, 1.54) is 11.6 Å². The average molecular weight is 428 g/mol. The maximum Gasteiger partial charge on any atom is 0.332 e. The Labute approximate surface area is 185 Å². The van der Waals surface area contributed by atoms with Crippen LogP contribution in [0.4, 0.5) is 5.69 Å². The summed E-state index contributed by atoms with van der Waals surface area (Å²) in [6, 6.07) is 19.7. The van der Waals surface area contributed by atoms with E-state index in [-0.39, 0.29) is 29.3 Å². The van der Waals surface area contributed by atoms with E-state index in [4.69, 9.17) is 0 Å². The van der Waals surface area contributed by atoms with Crippen molar-refractivity contribution in [2.24, 2.45) is 14.1 Å². The van der Waals surface area contributed by atoms with Crippen molar-refractivity contribution < 1.29 is 4.79 Å². The van der Waals surface area contributed by atoms with E-state index in [1.54, 1.807) is 20.2 Å². The fraction of sp³-hybridized carbons (Fsp3) is 0.200. The van der Waals surface area contributed by atoms with Crippen LogP contribution in [0, 0.1) is 6.92 Å². The van der Waals surface area contributed by atoms with Crippen molar-refractivity contribution >= 4 is 22.6 Å². The normalized spacial score (nSPS) is 11.1. The van der Waals surface area contributed by atoms with Crippen LogP contribution in [-0.2, 0) is 18.9 Å². The van der Waals surface area contributed by atoms with E-state index in [0.29, 0.717) is 11.3 Å². The number of nitrogens with zero attached hydrogens (tertiary/aromatic N) is 3. The number of rotatable bonds is 5. The lowest BCUT2D eigenvalue weighted by Crippen LogP contribution is -2.38. The standard InChI is InChI=1S/C25H24N4O3/c1-16-15-26-23-21(24(31)29(3)25(32)28(23)2)22(16)27-20(30)14-19(17-10-6-4-7-11-17)18-12-8-5-9-13-18/h4-13,15,19H,14H2,1-3H3,(H,26,27,30). The second-order valence-corrected chi connectivity index (χ2v) is 7.85. The second-order valence-electron chi connectivity index (χ2n) is 7.85. The van der Waals surface area contributed by atoms with E-state index in [9.17, 15) is 14.4 Å². The van der Waals surface area contributed by atoms with Crippen LogP contribution >= 0.6 is 0 Å². The topological polar surface area (TPSA) is 86.0 Å². The van der Waals surface area contributed by atoms with Gasteiger partial charge < -0.3 is 5.32 Å². The number of fused-ring (bicyclic) bond motifs is 1. The third-order valence-corrected chi connectivity index (χ3v) is 5.72. The number of aromatic nitrogens is 3. The molecule has 1 N–H and O–H groups in total. The Morgan fingerprint density at radius 2 is 1.50 bits per heavy atom. The van der Waals surface area contributed by atoms with Gasteiger partial charge in [0.1, 0.15) is 5.39 Å². The lowest BCUT2D eigenvalue weighted by molar-refractivity contribution is -0.116. The van der Waals surface area contributed by atoms with Gasteiger partial charge >= 0.3 is 5.69 Å². The van der Waals surface area contributed by atoms with Crippen LogP contribution in [0.15, 0.2) is 76.4 Å². The average Bonchev–Trinajstić information content (AvgIpc) is 2.82. The molecule has 4 aromatic rings. The summed E-state index contributed by atoms with van der Waals surface area (Å²) in [5.74, 6) is -0.368. The number of benzene rings is 2. The summed E-state index contributed by atoms with van der Waals surface area (Å²) in [6.45, 7) is 1.78. The van der Waals surface area contributed by atoms with Gasteiger partial charge in [-0.25, -0.2) is 9.78 Å². The predicted molar refractivity (Wildman–Crippen MR) is 125 cm³/mol. The van der Waals surface area contributed by atoms with Gasteiger partial charge in [0.25, 0.3) is 5.56 Å². The van der Waals surface area contributed by atoms with Crippen LogP contribution in [0.1, 0.15) is 29.0 Å². The van der Waals surface area contributed by atoms with Crippen LogP contribution in [0.3, 0.4) is 0 Å². The van der Waals surface area contributed by atoms with Gasteiger partial charge in [0, 0.05) is 32.6 Å². The van der Waals surface area contributed by atoms with Gasteiger partial charge in [-0.1, -0.05) is 60.7 Å². The van der Waals surface area contributed by atoms with Gasteiger partial charge in [-0.15, -0.1) is 0 Å². The molecule has 4 rings (SSSR count). The third kappa shape index (κ3) is 3.85. The molecule has 7 heteroatoms. The Morgan fingerprint density at radius 1 is 0.938 bits per heavy atom. The first-order valence-electron chi connectivity index (χ1n) is 10.3. The molecule has 1 amide bonds. The highest BCUT2D eigenvalue weighted by Crippen LogP contribution is 2.29. The second kappa shape index (κ2) is 8.63. The Morgan fingerprint density at radius 3 is 2.06 bits per heavy atom. The summed E-state index contributed by atoms with van der Waals surface area (Å²) in [4.78, 5) is 42.6. The van der Waals surface area contributed by atoms with Crippen molar-refractivity contribution in [2.45, 2.75) is 19.3 Å². The molecule has 0 bridgehead atoms. The molecule has 0 unspecified atom stereocenters. The molecule has 0 aliphatic carbocycles. The molecular formula is C25H24N4O3. The van der Waals surface area contributed by atoms with Crippen LogP contribution < -0.4 is 16.6 Å². The third-order valence-electron chi connectivity index (χ3n) is 5.72. The van der Waals surface area contributed by atoms with Gasteiger partial charge in [-0.05, 0) is 23.6 Å². The Bertz CT molecular complexity index is 1370. The summed E-state index contributed by atoms with van der Waals surface area (Å²) in [7, 11) is 2.97. The predicted octanol–water partition coefficient (Wildman–Crippen LogP) is 3.10. The van der Waals surface area contributed by atoms with Crippen molar-refractivity contribution in [3.63, 3.8) is 0 Å². The molecule has 2 aromatic carbocycles. The van der Waals surface area contributed by atoms with Crippen molar-refractivity contribution in [1.29, 1.82) is 0 Å². The zero-order valence-electron chi connectivity index (χ0n) is 18.2. The fourth-order valence-corrected chi connectivity index (χ4v) is 3.96. The molecule has 0 saturated carbocycles. The Balaban J connectivity index is 1.75. The largest absolute Gasteiger partial charge is 0.332 e. The van der Waals surface area contributed by atoms with Crippen LogP contribution in [0.5, 0.6) is 0 Å². The highest BCUT2D eigenvalue weighted by atomic mass is 16.2. The van der Waals surface area contributed by atoms with E-state index in [2.05, 4.69) is 10.3 Å². The number of nitrogens with one attached hydrogen (secondary N) is 1. The number of aryl methyl sites for hydroxylation is 2. The summed E-state index contributed by atoms with van der Waals surface area (Å²) in [5, 5.41) is 3.15. The molecule has 0 radical (unpaired) electrons. The van der Waals surface area contributed by atoms with Crippen molar-refractivity contribution in [3.8, 4) is 0 Å². The number of amides is 1. The molecule has 0 atom stereocenters. The number of anilines is 1. The summed E-state index contributed by atoms with van der Waals surface area (Å²) >= 11 is 0. The zero-order chi connectivity index (χ0) is 22.8. The lowest BCUT2D eigenvalue weighted by atomic mass is 9.88. The fourth-order valence-electron chi connectivity index (χ4n) is 3.96. The molecule has 0 spiro atoms. The van der Waals surface area contributed by atoms with Crippen molar-refractivity contribution in [3.05, 3.63) is 104 Å². The molecule has 0 saturated heterocycles. The van der Waals surface area contributed by atoms with Gasteiger partial charge in [0.05, 0.1) is 5.69 Å². The number of pyridine rings is 1. The first-order chi connectivity index (χ1) is 15.4. The molecule has 7 nitrogen and oxygen atoms in total. The molecule has 0 fully saturated rings. The van der Waals surface area contributed by atoms with E-state index in [1.807, 2.05) is 60.7 Å². The maximum absolute atomic E-state index is 13.2. The molecule has 0 aliphatic heterocycles. The van der Waals surface area contributed by atoms with E-state index >= 15 is 0 Å². The Hall–Kier alpha value is -4.00.